The molecule has 150 valence electrons. The van der Waals surface area contributed by atoms with Crippen LogP contribution in [-0.2, 0) is 0 Å². The average molecular weight is 396 g/mol. The Morgan fingerprint density at radius 3 is 3.10 bits per heavy atom. The number of nitrogens with one attached hydrogen (secondary N) is 1. The third-order valence-corrected chi connectivity index (χ3v) is 5.45. The molecule has 0 unspecified atom stereocenters. The molecule has 2 aliphatic heterocycles. The lowest BCUT2D eigenvalue weighted by Gasteiger charge is -2.27. The Morgan fingerprint density at radius 1 is 1.24 bits per heavy atom. The summed E-state index contributed by atoms with van der Waals surface area (Å²) < 4.78 is 21.5. The minimum Gasteiger partial charge on any atom is -0.477 e. The van der Waals surface area contributed by atoms with Gasteiger partial charge in [0.1, 0.15) is 17.2 Å². The molecule has 1 N–H and O–H groups in total. The summed E-state index contributed by atoms with van der Waals surface area (Å²) >= 11 is 0. The summed E-state index contributed by atoms with van der Waals surface area (Å²) in [4.78, 5) is 23.6. The van der Waals surface area contributed by atoms with Crippen molar-refractivity contribution in [2.45, 2.75) is 31.7 Å². The summed E-state index contributed by atoms with van der Waals surface area (Å²) in [6.45, 7) is 1.76. The van der Waals surface area contributed by atoms with Crippen molar-refractivity contribution in [2.75, 3.05) is 24.6 Å². The predicted molar refractivity (Wildman–Crippen MR) is 104 cm³/mol. The van der Waals surface area contributed by atoms with Crippen LogP contribution in [0.25, 0.3) is 5.65 Å². The van der Waals surface area contributed by atoms with Crippen molar-refractivity contribution in [1.29, 1.82) is 0 Å². The third-order valence-electron chi connectivity index (χ3n) is 5.45. The Kier molecular flexibility index (Phi) is 4.49. The number of pyridine rings is 1. The van der Waals surface area contributed by atoms with Gasteiger partial charge < -0.3 is 15.0 Å². The van der Waals surface area contributed by atoms with Gasteiger partial charge in [-0.2, -0.15) is 5.10 Å². The number of fused-ring (bicyclic) bond motifs is 5. The lowest BCUT2D eigenvalue weighted by atomic mass is 10.1. The maximum atomic E-state index is 14.0. The van der Waals surface area contributed by atoms with E-state index in [1.165, 1.54) is 12.3 Å². The number of aromatic nitrogens is 4. The van der Waals surface area contributed by atoms with Crippen molar-refractivity contribution in [1.82, 2.24) is 24.9 Å². The van der Waals surface area contributed by atoms with Gasteiger partial charge in [-0.05, 0) is 37.8 Å². The van der Waals surface area contributed by atoms with Crippen molar-refractivity contribution in [3.8, 4) is 5.88 Å². The fourth-order valence-corrected chi connectivity index (χ4v) is 4.04. The number of anilines is 1. The van der Waals surface area contributed by atoms with E-state index >= 15 is 0 Å². The van der Waals surface area contributed by atoms with Gasteiger partial charge in [-0.1, -0.05) is 0 Å². The predicted octanol–water partition coefficient (Wildman–Crippen LogP) is 2.51. The average Bonchev–Trinajstić information content (AvgIpc) is 3.37. The molecule has 1 saturated heterocycles. The van der Waals surface area contributed by atoms with Gasteiger partial charge in [0.2, 0.25) is 5.88 Å². The number of ether oxygens (including phenoxy) is 1. The van der Waals surface area contributed by atoms with E-state index in [0.29, 0.717) is 30.2 Å². The van der Waals surface area contributed by atoms with E-state index in [4.69, 9.17) is 9.72 Å². The zero-order chi connectivity index (χ0) is 19.8. The molecule has 0 saturated carbocycles. The molecule has 0 aromatic carbocycles. The van der Waals surface area contributed by atoms with Gasteiger partial charge in [0.05, 0.1) is 25.0 Å². The summed E-state index contributed by atoms with van der Waals surface area (Å²) in [6, 6.07) is 3.29. The lowest BCUT2D eigenvalue weighted by Crippen LogP contribution is -2.25. The summed E-state index contributed by atoms with van der Waals surface area (Å²) in [6.07, 6.45) is 7.83. The minimum absolute atomic E-state index is 0.0894. The van der Waals surface area contributed by atoms with Crippen LogP contribution in [0, 0.1) is 5.82 Å². The molecule has 3 aromatic rings. The van der Waals surface area contributed by atoms with Gasteiger partial charge in [-0.15, -0.1) is 0 Å². The number of nitrogens with zero attached hydrogens (tertiary/aromatic N) is 5. The molecule has 9 heteroatoms. The largest absolute Gasteiger partial charge is 0.477 e. The highest BCUT2D eigenvalue weighted by Gasteiger charge is 2.31. The topological polar surface area (TPSA) is 84.7 Å². The molecule has 3 aromatic heterocycles. The zero-order valence-electron chi connectivity index (χ0n) is 15.8. The number of amides is 1. The van der Waals surface area contributed by atoms with Gasteiger partial charge in [0.25, 0.3) is 5.91 Å². The van der Waals surface area contributed by atoms with Gasteiger partial charge >= 0.3 is 0 Å². The van der Waals surface area contributed by atoms with Crippen LogP contribution in [0.4, 0.5) is 10.2 Å². The monoisotopic (exact) mass is 396 g/mol. The molecule has 8 nitrogen and oxygen atoms in total. The number of hydrogen-bond acceptors (Lipinski definition) is 6. The maximum Gasteiger partial charge on any atom is 0.256 e. The fourth-order valence-electron chi connectivity index (χ4n) is 4.04. The summed E-state index contributed by atoms with van der Waals surface area (Å²) in [5.74, 6) is 0.617. The quantitative estimate of drug-likeness (QED) is 0.629. The van der Waals surface area contributed by atoms with Crippen LogP contribution in [0.2, 0.25) is 0 Å². The van der Waals surface area contributed by atoms with Crippen LogP contribution < -0.4 is 15.0 Å². The van der Waals surface area contributed by atoms with Crippen molar-refractivity contribution < 1.29 is 13.9 Å². The molecule has 1 fully saturated rings. The molecular weight excluding hydrogens is 375 g/mol. The molecule has 0 spiro atoms. The molecule has 1 atom stereocenters. The number of halogens is 1. The van der Waals surface area contributed by atoms with E-state index in [9.17, 15) is 9.18 Å². The first-order chi connectivity index (χ1) is 14.2. The number of carbonyl (C=O) groups excluding carboxylic acids is 1. The summed E-state index contributed by atoms with van der Waals surface area (Å²) in [5, 5.41) is 7.16. The Balaban J connectivity index is 1.62. The van der Waals surface area contributed by atoms with E-state index in [0.717, 1.165) is 43.6 Å². The normalized spacial score (nSPS) is 19.8. The van der Waals surface area contributed by atoms with Crippen LogP contribution in [0.5, 0.6) is 5.88 Å². The second kappa shape index (κ2) is 7.31. The number of rotatable bonds is 0. The van der Waals surface area contributed by atoms with Gasteiger partial charge in [0.15, 0.2) is 5.65 Å². The molecule has 5 heterocycles. The second-order valence-corrected chi connectivity index (χ2v) is 7.32. The highest BCUT2D eigenvalue weighted by atomic mass is 19.1. The first-order valence-electron chi connectivity index (χ1n) is 9.88. The number of hydrogen-bond donors (Lipinski definition) is 1. The van der Waals surface area contributed by atoms with Crippen LogP contribution in [0.3, 0.4) is 0 Å². The van der Waals surface area contributed by atoms with Crippen molar-refractivity contribution in [3.05, 3.63) is 47.7 Å². The molecule has 5 rings (SSSR count). The number of carbonyl (C=O) groups is 1. The van der Waals surface area contributed by atoms with Gasteiger partial charge in [0, 0.05) is 24.8 Å². The molecule has 29 heavy (non-hydrogen) atoms. The van der Waals surface area contributed by atoms with E-state index in [2.05, 4.69) is 20.3 Å². The Morgan fingerprint density at radius 2 is 2.17 bits per heavy atom. The van der Waals surface area contributed by atoms with Crippen molar-refractivity contribution in [3.63, 3.8) is 0 Å². The summed E-state index contributed by atoms with van der Waals surface area (Å²) in [7, 11) is 0. The molecular formula is C20H21FN6O2. The molecule has 2 aliphatic rings. The first kappa shape index (κ1) is 17.8. The van der Waals surface area contributed by atoms with Crippen LogP contribution >= 0.6 is 0 Å². The van der Waals surface area contributed by atoms with E-state index in [-0.39, 0.29) is 17.8 Å². The molecule has 0 radical (unpaired) electrons. The highest BCUT2D eigenvalue weighted by molar-refractivity contribution is 5.99. The third kappa shape index (κ3) is 3.26. The van der Waals surface area contributed by atoms with E-state index < -0.39 is 0 Å². The Hall–Kier alpha value is -3.23. The first-order valence-corrected chi connectivity index (χ1v) is 9.88. The minimum atomic E-state index is -0.381. The SMILES string of the molecule is O=C1NCCCCOc2ncc(F)cc2[C@@H]2CCCN2c2ccn3ncc1c3n2. The highest BCUT2D eigenvalue weighted by Crippen LogP contribution is 2.39. The standard InChI is InChI=1S/C20H21FN6O2/c21-13-10-14-16-4-3-7-26(16)17-5-8-27-18(25-17)15(12-24-27)19(28)22-6-1-2-9-29-20(14)23-11-13/h5,8,10-12,16H,1-4,6-7,9H2,(H,22,28)/t16-/m0/s1. The van der Waals surface area contributed by atoms with Crippen molar-refractivity contribution in [2.24, 2.45) is 0 Å². The second-order valence-electron chi connectivity index (χ2n) is 7.32. The van der Waals surface area contributed by atoms with Gasteiger partial charge in [-0.25, -0.2) is 18.9 Å². The smallest absolute Gasteiger partial charge is 0.256 e. The lowest BCUT2D eigenvalue weighted by molar-refractivity contribution is 0.0953. The molecule has 0 aliphatic carbocycles. The molecule has 2 bridgehead atoms. The maximum absolute atomic E-state index is 14.0. The Bertz CT molecular complexity index is 1070. The van der Waals surface area contributed by atoms with Crippen LogP contribution in [0.15, 0.2) is 30.7 Å². The van der Waals surface area contributed by atoms with Gasteiger partial charge in [-0.3, -0.25) is 4.79 Å². The van der Waals surface area contributed by atoms with E-state index in [1.807, 2.05) is 6.07 Å². The molecule has 1 amide bonds. The van der Waals surface area contributed by atoms with Crippen LogP contribution in [0.1, 0.15) is 47.6 Å². The van der Waals surface area contributed by atoms with E-state index in [1.54, 1.807) is 16.9 Å². The van der Waals surface area contributed by atoms with Crippen LogP contribution in [-0.4, -0.2) is 45.2 Å². The summed E-state index contributed by atoms with van der Waals surface area (Å²) in [5.41, 5.74) is 1.69. The Labute approximate surface area is 166 Å². The fraction of sp³-hybridized carbons (Fsp3) is 0.400. The zero-order valence-corrected chi connectivity index (χ0v) is 15.8. The van der Waals surface area contributed by atoms with Crippen molar-refractivity contribution >= 4 is 17.4 Å².